The molecule has 3 aromatic rings. The molecule has 158 valence electrons. The molecule has 2 aromatic heterocycles. The molecule has 4 rings (SSSR count). The number of aliphatic hydroxyl groups is 1. The van der Waals surface area contributed by atoms with Gasteiger partial charge in [-0.15, -0.1) is 0 Å². The molecule has 0 spiro atoms. The van der Waals surface area contributed by atoms with Gasteiger partial charge in [0.2, 0.25) is 5.91 Å². The highest BCUT2D eigenvalue weighted by Crippen LogP contribution is 2.33. The molecule has 7 heteroatoms. The molecular formula is C23H28N4O3. The van der Waals surface area contributed by atoms with Gasteiger partial charge in [-0.1, -0.05) is 37.3 Å². The lowest BCUT2D eigenvalue weighted by molar-refractivity contribution is -0.137. The first kappa shape index (κ1) is 20.3. The molecule has 30 heavy (non-hydrogen) atoms. The van der Waals surface area contributed by atoms with Gasteiger partial charge in [0.05, 0.1) is 11.6 Å². The molecule has 1 aromatic carbocycles. The van der Waals surface area contributed by atoms with Crippen molar-refractivity contribution in [2.45, 2.75) is 50.7 Å². The topological polar surface area (TPSA) is 79.8 Å². The van der Waals surface area contributed by atoms with Crippen LogP contribution in [0.15, 0.2) is 59.8 Å². The number of aromatic nitrogens is 3. The van der Waals surface area contributed by atoms with Crippen molar-refractivity contribution in [2.75, 3.05) is 13.1 Å². The summed E-state index contributed by atoms with van der Waals surface area (Å²) in [6.45, 7) is 4.87. The Balaban J connectivity index is 1.41. The minimum Gasteiger partial charge on any atom is -0.388 e. The summed E-state index contributed by atoms with van der Waals surface area (Å²) in [5, 5.41) is 15.5. The van der Waals surface area contributed by atoms with E-state index in [-0.39, 0.29) is 17.4 Å². The fourth-order valence-electron chi connectivity index (χ4n) is 4.32. The van der Waals surface area contributed by atoms with E-state index in [1.165, 1.54) is 15.4 Å². The number of carbonyl (C=O) groups excluding carboxylic acids is 1. The van der Waals surface area contributed by atoms with Crippen molar-refractivity contribution >= 4 is 11.4 Å². The van der Waals surface area contributed by atoms with E-state index in [0.717, 1.165) is 5.56 Å². The van der Waals surface area contributed by atoms with Crippen molar-refractivity contribution < 1.29 is 9.90 Å². The van der Waals surface area contributed by atoms with Crippen LogP contribution in [-0.2, 0) is 4.79 Å². The van der Waals surface area contributed by atoms with Crippen LogP contribution in [-0.4, -0.2) is 48.8 Å². The van der Waals surface area contributed by atoms with Crippen LogP contribution >= 0.6 is 0 Å². The Bertz CT molecular complexity index is 1080. The van der Waals surface area contributed by atoms with E-state index in [9.17, 15) is 14.7 Å². The van der Waals surface area contributed by atoms with Crippen LogP contribution in [0.4, 0.5) is 0 Å². The number of likely N-dealkylation sites (tertiary alicyclic amines) is 1. The molecule has 1 saturated heterocycles. The van der Waals surface area contributed by atoms with Crippen molar-refractivity contribution in [3.63, 3.8) is 0 Å². The number of nitrogens with zero attached hydrogens (tertiary/aromatic N) is 4. The quantitative estimate of drug-likeness (QED) is 0.704. The number of benzene rings is 1. The molecule has 0 radical (unpaired) electrons. The minimum atomic E-state index is -1.06. The summed E-state index contributed by atoms with van der Waals surface area (Å²) < 4.78 is 3.04. The van der Waals surface area contributed by atoms with Gasteiger partial charge in [-0.3, -0.25) is 14.2 Å². The molecule has 2 atom stereocenters. The standard InChI is InChI=1S/C23H28N4O3/c1-17(19-7-4-3-5-8-19)15-21(28)25-13-10-23(30,11-14-25)18(2)26-16-24-27-12-6-9-20(27)22(26)29/h3-9,12,16-18,30H,10-11,13-15H2,1-2H3. The summed E-state index contributed by atoms with van der Waals surface area (Å²) in [4.78, 5) is 27.4. The maximum Gasteiger partial charge on any atom is 0.278 e. The lowest BCUT2D eigenvalue weighted by Crippen LogP contribution is -2.51. The van der Waals surface area contributed by atoms with Gasteiger partial charge < -0.3 is 10.0 Å². The van der Waals surface area contributed by atoms with E-state index in [4.69, 9.17) is 0 Å². The molecule has 0 bridgehead atoms. The van der Waals surface area contributed by atoms with E-state index in [0.29, 0.717) is 37.9 Å². The van der Waals surface area contributed by atoms with E-state index in [2.05, 4.69) is 12.0 Å². The fourth-order valence-corrected chi connectivity index (χ4v) is 4.32. The summed E-state index contributed by atoms with van der Waals surface area (Å²) in [7, 11) is 0. The number of hydrogen-bond donors (Lipinski definition) is 1. The third kappa shape index (κ3) is 3.77. The highest BCUT2D eigenvalue weighted by Gasteiger charge is 2.40. The molecule has 0 aliphatic carbocycles. The van der Waals surface area contributed by atoms with Crippen molar-refractivity contribution in [1.29, 1.82) is 0 Å². The highest BCUT2D eigenvalue weighted by atomic mass is 16.3. The minimum absolute atomic E-state index is 0.106. The van der Waals surface area contributed by atoms with Gasteiger partial charge in [-0.2, -0.15) is 5.10 Å². The highest BCUT2D eigenvalue weighted by molar-refractivity contribution is 5.77. The average Bonchev–Trinajstić information content (AvgIpc) is 3.24. The predicted octanol–water partition coefficient (Wildman–Crippen LogP) is 2.60. The second-order valence-electron chi connectivity index (χ2n) is 8.36. The van der Waals surface area contributed by atoms with Gasteiger partial charge in [-0.25, -0.2) is 4.52 Å². The van der Waals surface area contributed by atoms with E-state index < -0.39 is 11.6 Å². The molecule has 1 N–H and O–H groups in total. The van der Waals surface area contributed by atoms with Crippen molar-refractivity contribution in [3.05, 3.63) is 70.9 Å². The molecule has 0 saturated carbocycles. The Morgan fingerprint density at radius 1 is 1.13 bits per heavy atom. The molecule has 1 aliphatic heterocycles. The van der Waals surface area contributed by atoms with Gasteiger partial charge >= 0.3 is 0 Å². The van der Waals surface area contributed by atoms with Crippen LogP contribution < -0.4 is 5.56 Å². The smallest absolute Gasteiger partial charge is 0.278 e. The Kier molecular flexibility index (Phi) is 5.47. The van der Waals surface area contributed by atoms with Gasteiger partial charge in [0.25, 0.3) is 5.56 Å². The van der Waals surface area contributed by atoms with E-state index >= 15 is 0 Å². The number of fused-ring (bicyclic) bond motifs is 1. The fraction of sp³-hybridized carbons (Fsp3) is 0.435. The van der Waals surface area contributed by atoms with Crippen LogP contribution in [0.2, 0.25) is 0 Å². The van der Waals surface area contributed by atoms with Crippen molar-refractivity contribution in [3.8, 4) is 0 Å². The first-order chi connectivity index (χ1) is 14.4. The lowest BCUT2D eigenvalue weighted by Gasteiger charge is -2.42. The normalized spacial score (nSPS) is 18.3. The Labute approximate surface area is 175 Å². The molecule has 1 aliphatic rings. The van der Waals surface area contributed by atoms with Gasteiger partial charge in [0.15, 0.2) is 0 Å². The zero-order chi connectivity index (χ0) is 21.3. The maximum absolute atomic E-state index is 12.8. The van der Waals surface area contributed by atoms with Gasteiger partial charge in [0, 0.05) is 25.7 Å². The van der Waals surface area contributed by atoms with Crippen LogP contribution in [0.25, 0.3) is 5.52 Å². The first-order valence-electron chi connectivity index (χ1n) is 10.5. The average molecular weight is 409 g/mol. The van der Waals surface area contributed by atoms with Gasteiger partial charge in [0.1, 0.15) is 11.8 Å². The Morgan fingerprint density at radius 2 is 1.83 bits per heavy atom. The summed E-state index contributed by atoms with van der Waals surface area (Å²) in [5.41, 5.74) is 0.403. The zero-order valence-corrected chi connectivity index (χ0v) is 17.4. The molecular weight excluding hydrogens is 380 g/mol. The first-order valence-corrected chi connectivity index (χ1v) is 10.5. The van der Waals surface area contributed by atoms with Crippen LogP contribution in [0, 0.1) is 0 Å². The Morgan fingerprint density at radius 3 is 2.53 bits per heavy atom. The van der Waals surface area contributed by atoms with E-state index in [1.54, 1.807) is 18.3 Å². The largest absolute Gasteiger partial charge is 0.388 e. The predicted molar refractivity (Wildman–Crippen MR) is 114 cm³/mol. The summed E-state index contributed by atoms with van der Waals surface area (Å²) in [5.74, 6) is 0.256. The second kappa shape index (κ2) is 8.07. The number of carbonyl (C=O) groups is 1. The number of amides is 1. The second-order valence-corrected chi connectivity index (χ2v) is 8.36. The number of rotatable bonds is 5. The third-order valence-corrected chi connectivity index (χ3v) is 6.51. The zero-order valence-electron chi connectivity index (χ0n) is 17.4. The van der Waals surface area contributed by atoms with Crippen molar-refractivity contribution in [2.24, 2.45) is 0 Å². The SMILES string of the molecule is CC(CC(=O)N1CCC(O)(C(C)n2cnn3cccc3c2=O)CC1)c1ccccc1. The van der Waals surface area contributed by atoms with Crippen LogP contribution in [0.5, 0.6) is 0 Å². The summed E-state index contributed by atoms with van der Waals surface area (Å²) in [6.07, 6.45) is 4.51. The molecule has 3 heterocycles. The molecule has 2 unspecified atom stereocenters. The number of piperidine rings is 1. The maximum atomic E-state index is 12.8. The third-order valence-electron chi connectivity index (χ3n) is 6.51. The van der Waals surface area contributed by atoms with Crippen LogP contribution in [0.1, 0.15) is 50.6 Å². The monoisotopic (exact) mass is 408 g/mol. The lowest BCUT2D eigenvalue weighted by atomic mass is 9.84. The van der Waals surface area contributed by atoms with Gasteiger partial charge in [-0.05, 0) is 43.4 Å². The van der Waals surface area contributed by atoms with Crippen molar-refractivity contribution in [1.82, 2.24) is 19.1 Å². The Hall–Kier alpha value is -2.93. The molecule has 1 amide bonds. The number of hydrogen-bond acceptors (Lipinski definition) is 4. The van der Waals surface area contributed by atoms with Crippen LogP contribution in [0.3, 0.4) is 0 Å². The van der Waals surface area contributed by atoms with E-state index in [1.807, 2.05) is 42.2 Å². The molecule has 1 fully saturated rings. The summed E-state index contributed by atoms with van der Waals surface area (Å²) in [6, 6.07) is 13.1. The molecule has 7 nitrogen and oxygen atoms in total. The summed E-state index contributed by atoms with van der Waals surface area (Å²) >= 11 is 0.